The molecule has 0 aliphatic heterocycles. The molecule has 0 aromatic heterocycles. The lowest BCUT2D eigenvalue weighted by atomic mass is 9.99. The lowest BCUT2D eigenvalue weighted by molar-refractivity contribution is 0.529. The van der Waals surface area contributed by atoms with E-state index in [4.69, 9.17) is 10.3 Å². The van der Waals surface area contributed by atoms with Gasteiger partial charge < -0.3 is 0 Å². The number of hydrogen-bond donors (Lipinski definition) is 2. The molecule has 0 radical (unpaired) electrons. The van der Waals surface area contributed by atoms with Crippen molar-refractivity contribution in [2.24, 2.45) is 32.9 Å². The zero-order chi connectivity index (χ0) is 36.8. The molecule has 4 N–H and O–H groups in total. The topological polar surface area (TPSA) is 120 Å². The molecule has 6 rings (SSSR count). The lowest BCUT2D eigenvalue weighted by Gasteiger charge is -2.06. The maximum atomic E-state index is 13.2. The average Bonchev–Trinajstić information content (AvgIpc) is 3.80. The highest BCUT2D eigenvalue weighted by atomic mass is 32.2. The fourth-order valence-corrected chi connectivity index (χ4v) is 9.15. The molecule has 0 saturated heterocycles. The first kappa shape index (κ1) is 37.8. The summed E-state index contributed by atoms with van der Waals surface area (Å²) in [5.41, 5.74) is 7.02. The second-order valence-corrected chi connectivity index (χ2v) is 18.4. The minimum atomic E-state index is -3.65. The van der Waals surface area contributed by atoms with Gasteiger partial charge in [0.15, 0.2) is 0 Å². The summed E-state index contributed by atoms with van der Waals surface area (Å²) < 4.78 is 72.0. The average molecular weight is 723 g/mol. The quantitative estimate of drug-likeness (QED) is 0.171. The molecule has 10 heteroatoms. The fraction of sp³-hybridized carbons (Fsp3) is 0.400. The van der Waals surface area contributed by atoms with Crippen LogP contribution in [0.5, 0.6) is 0 Å². The Balaban J connectivity index is 0.000000194. The van der Waals surface area contributed by atoms with Crippen molar-refractivity contribution in [3.05, 3.63) is 130 Å². The summed E-state index contributed by atoms with van der Waals surface area (Å²) in [6, 6.07) is 23.8. The molecular formula is C40H48F2N2O4S2. The van der Waals surface area contributed by atoms with Gasteiger partial charge in [0.25, 0.3) is 0 Å². The smallest absolute Gasteiger partial charge is 0.225 e. The Hall–Kier alpha value is -3.44. The highest BCUT2D eigenvalue weighted by molar-refractivity contribution is 7.89. The molecule has 2 aliphatic rings. The van der Waals surface area contributed by atoms with Gasteiger partial charge in [-0.15, -0.1) is 0 Å². The summed E-state index contributed by atoms with van der Waals surface area (Å²) in [7, 11) is -7.30. The van der Waals surface area contributed by atoms with Crippen molar-refractivity contribution in [1.29, 1.82) is 0 Å². The summed E-state index contributed by atoms with van der Waals surface area (Å²) in [6.07, 6.45) is 3.90. The van der Waals surface area contributed by atoms with Crippen LogP contribution in [-0.4, -0.2) is 16.8 Å². The van der Waals surface area contributed by atoms with Crippen LogP contribution in [0.4, 0.5) is 8.78 Å². The Morgan fingerprint density at radius 3 is 1.16 bits per heavy atom. The van der Waals surface area contributed by atoms with E-state index in [0.29, 0.717) is 23.7 Å². The predicted molar refractivity (Wildman–Crippen MR) is 195 cm³/mol. The highest BCUT2D eigenvalue weighted by Crippen LogP contribution is 2.67. The Morgan fingerprint density at radius 1 is 0.560 bits per heavy atom. The van der Waals surface area contributed by atoms with Crippen molar-refractivity contribution >= 4 is 20.0 Å². The van der Waals surface area contributed by atoms with E-state index >= 15 is 0 Å². The minimum Gasteiger partial charge on any atom is -0.225 e. The van der Waals surface area contributed by atoms with E-state index in [9.17, 15) is 25.6 Å². The number of nitrogens with two attached hydrogens (primary N) is 2. The molecule has 0 heterocycles. The van der Waals surface area contributed by atoms with Crippen LogP contribution in [0.3, 0.4) is 0 Å². The van der Waals surface area contributed by atoms with Gasteiger partial charge in [-0.25, -0.2) is 35.9 Å². The van der Waals surface area contributed by atoms with Crippen LogP contribution in [0, 0.1) is 48.1 Å². The molecule has 2 saturated carbocycles. The Labute approximate surface area is 296 Å². The number of sulfonamides is 2. The summed E-state index contributed by atoms with van der Waals surface area (Å²) in [5.74, 6) is 1.47. The number of aryl methyl sites for hydroxylation is 4. The van der Waals surface area contributed by atoms with E-state index in [1.54, 1.807) is 36.4 Å². The van der Waals surface area contributed by atoms with Crippen LogP contribution in [0.1, 0.15) is 85.8 Å². The molecule has 4 aromatic rings. The van der Waals surface area contributed by atoms with Crippen LogP contribution in [0.2, 0.25) is 0 Å². The van der Waals surface area contributed by atoms with Gasteiger partial charge in [-0.05, 0) is 156 Å². The number of primary sulfonamides is 2. The molecule has 2 aliphatic carbocycles. The largest absolute Gasteiger partial charge is 0.238 e. The van der Waals surface area contributed by atoms with Gasteiger partial charge >= 0.3 is 0 Å². The van der Waals surface area contributed by atoms with E-state index in [-0.39, 0.29) is 32.3 Å². The molecular weight excluding hydrogens is 675 g/mol. The summed E-state index contributed by atoms with van der Waals surface area (Å²) in [6.45, 7) is 12.9. The van der Waals surface area contributed by atoms with Gasteiger partial charge in [-0.1, -0.05) is 64.1 Å². The summed E-state index contributed by atoms with van der Waals surface area (Å²) in [4.78, 5) is 0.293. The molecule has 50 heavy (non-hydrogen) atoms. The zero-order valence-electron chi connectivity index (χ0n) is 29.6. The minimum absolute atomic E-state index is 0.146. The Kier molecular flexibility index (Phi) is 10.5. The van der Waals surface area contributed by atoms with Crippen molar-refractivity contribution in [2.75, 3.05) is 0 Å². The molecule has 0 unspecified atom stereocenters. The highest BCUT2D eigenvalue weighted by Gasteiger charge is 2.58. The van der Waals surface area contributed by atoms with Crippen molar-refractivity contribution in [1.82, 2.24) is 0 Å². The van der Waals surface area contributed by atoms with Gasteiger partial charge in [0.05, 0.1) is 9.79 Å². The molecule has 268 valence electrons. The molecule has 4 atom stereocenters. The summed E-state index contributed by atoms with van der Waals surface area (Å²) >= 11 is 0. The van der Waals surface area contributed by atoms with Gasteiger partial charge in [0.2, 0.25) is 20.0 Å². The maximum absolute atomic E-state index is 13.2. The Bertz CT molecular complexity index is 1930. The van der Waals surface area contributed by atoms with Gasteiger partial charge in [0, 0.05) is 0 Å². The van der Waals surface area contributed by atoms with Gasteiger partial charge in [0.1, 0.15) is 11.6 Å². The van der Waals surface area contributed by atoms with E-state index in [1.807, 2.05) is 50.2 Å². The second kappa shape index (κ2) is 13.9. The summed E-state index contributed by atoms with van der Waals surface area (Å²) in [5, 5.41) is 10.3. The number of hydrogen-bond acceptors (Lipinski definition) is 4. The number of halogens is 2. The second-order valence-electron chi connectivity index (χ2n) is 15.3. The number of benzene rings is 4. The van der Waals surface area contributed by atoms with E-state index < -0.39 is 20.0 Å². The van der Waals surface area contributed by atoms with Crippen LogP contribution in [0.15, 0.2) is 94.7 Å². The number of rotatable bonds is 10. The molecule has 2 fully saturated rings. The first-order chi connectivity index (χ1) is 23.2. The van der Waals surface area contributed by atoms with Crippen molar-refractivity contribution in [3.63, 3.8) is 0 Å². The first-order valence-electron chi connectivity index (χ1n) is 17.0. The fourth-order valence-electron chi connectivity index (χ4n) is 8.12. The van der Waals surface area contributed by atoms with Crippen LogP contribution in [-0.2, 0) is 32.9 Å². The van der Waals surface area contributed by atoms with Crippen LogP contribution < -0.4 is 10.3 Å². The van der Waals surface area contributed by atoms with E-state index in [2.05, 4.69) is 27.7 Å². The molecule has 0 bridgehead atoms. The van der Waals surface area contributed by atoms with Gasteiger partial charge in [-0.2, -0.15) is 0 Å². The normalized spacial score (nSPS) is 22.0. The lowest BCUT2D eigenvalue weighted by Crippen LogP contribution is -2.11. The zero-order valence-corrected chi connectivity index (χ0v) is 31.2. The SMILES string of the molecule is Cc1cc(F)ccc1CC[C@@H]1[C@@H](c2ccc(S(N)(=O)=O)cc2)C1(C)C.Cc1cc(F)ccc1CC[C@H]1[C@H](c2ccc(S(N)(=O)=O)cc2)C1(C)C. The standard InChI is InChI=1S/2C20H24FNO2S/c2*1-13-12-16(21)8-4-14(13)7-11-18-19(20(18,2)3)15-5-9-17(10-6-15)25(22,23)24/h2*4-6,8-10,12,18-19H,7,11H2,1-3H3,(H2,22,23,24)/t2*18-,19-/m10/s1. The first-order valence-corrected chi connectivity index (χ1v) is 20.1. The third-order valence-electron chi connectivity index (χ3n) is 11.3. The molecule has 6 nitrogen and oxygen atoms in total. The van der Waals surface area contributed by atoms with Crippen LogP contribution in [0.25, 0.3) is 0 Å². The van der Waals surface area contributed by atoms with E-state index in [1.165, 1.54) is 23.3 Å². The third-order valence-corrected chi connectivity index (χ3v) is 13.2. The molecule has 4 aromatic carbocycles. The van der Waals surface area contributed by atoms with Crippen LogP contribution >= 0.6 is 0 Å². The van der Waals surface area contributed by atoms with Crippen molar-refractivity contribution in [3.8, 4) is 0 Å². The monoisotopic (exact) mass is 722 g/mol. The Morgan fingerprint density at radius 2 is 0.880 bits per heavy atom. The van der Waals surface area contributed by atoms with E-state index in [0.717, 1.165) is 47.9 Å². The van der Waals surface area contributed by atoms with Crippen molar-refractivity contribution in [2.45, 2.75) is 88.9 Å². The molecule has 0 spiro atoms. The van der Waals surface area contributed by atoms with Gasteiger partial charge in [-0.3, -0.25) is 0 Å². The third kappa shape index (κ3) is 8.36. The molecule has 0 amide bonds. The van der Waals surface area contributed by atoms with Crippen molar-refractivity contribution < 1.29 is 25.6 Å². The predicted octanol–water partition coefficient (Wildman–Crippen LogP) is 8.31. The maximum Gasteiger partial charge on any atom is 0.238 e.